The summed E-state index contributed by atoms with van der Waals surface area (Å²) in [4.78, 5) is 11.4. The number of esters is 1. The molecule has 4 heteroatoms. The zero-order valence-corrected chi connectivity index (χ0v) is 12.3. The molecule has 4 nitrogen and oxygen atoms in total. The molecule has 0 aliphatic rings. The third-order valence-electron chi connectivity index (χ3n) is 3.09. The Labute approximate surface area is 114 Å². The largest absolute Gasteiger partial charge is 0.496 e. The first-order valence-electron chi connectivity index (χ1n) is 6.30. The molecule has 0 spiro atoms. The van der Waals surface area contributed by atoms with E-state index in [1.165, 1.54) is 12.7 Å². The lowest BCUT2D eigenvalue weighted by molar-refractivity contribution is -0.142. The summed E-state index contributed by atoms with van der Waals surface area (Å²) in [6.45, 7) is 6.41. The highest BCUT2D eigenvalue weighted by Gasteiger charge is 2.20. The molecule has 0 radical (unpaired) electrons. The van der Waals surface area contributed by atoms with Gasteiger partial charge in [0, 0.05) is 6.42 Å². The molecule has 1 aromatic rings. The van der Waals surface area contributed by atoms with Gasteiger partial charge in [-0.15, -0.1) is 0 Å². The van der Waals surface area contributed by atoms with Gasteiger partial charge in [0.25, 0.3) is 0 Å². The first-order chi connectivity index (χ1) is 8.79. The Morgan fingerprint density at radius 1 is 1.32 bits per heavy atom. The number of ether oxygens (including phenoxy) is 2. The molecule has 0 saturated heterocycles. The molecule has 0 saturated carbocycles. The fourth-order valence-electron chi connectivity index (χ4n) is 1.88. The Morgan fingerprint density at radius 3 is 2.42 bits per heavy atom. The van der Waals surface area contributed by atoms with Crippen LogP contribution in [0.5, 0.6) is 5.75 Å². The van der Waals surface area contributed by atoms with Gasteiger partial charge in [-0.1, -0.05) is 32.9 Å². The van der Waals surface area contributed by atoms with Gasteiger partial charge >= 0.3 is 5.97 Å². The van der Waals surface area contributed by atoms with E-state index in [-0.39, 0.29) is 5.41 Å². The second-order valence-electron chi connectivity index (χ2n) is 5.61. The fourth-order valence-corrected chi connectivity index (χ4v) is 1.88. The molecule has 0 fully saturated rings. The summed E-state index contributed by atoms with van der Waals surface area (Å²) < 4.78 is 9.97. The fraction of sp³-hybridized carbons (Fsp3) is 0.533. The van der Waals surface area contributed by atoms with E-state index in [9.17, 15) is 4.79 Å². The zero-order valence-electron chi connectivity index (χ0n) is 12.3. The summed E-state index contributed by atoms with van der Waals surface area (Å²) in [5, 5.41) is 0. The number of hydrogen-bond donors (Lipinski definition) is 1. The van der Waals surface area contributed by atoms with Crippen LogP contribution in [0.25, 0.3) is 0 Å². The number of nitrogens with two attached hydrogens (primary N) is 1. The van der Waals surface area contributed by atoms with Crippen molar-refractivity contribution in [2.45, 2.75) is 38.6 Å². The standard InChI is InChI=1S/C15H23NO3/c1-15(2,3)11-6-7-13(18-4)10(8-11)9-12(16)14(17)19-5/h6-8,12H,9,16H2,1-5H3. The Kier molecular flexibility index (Phi) is 4.95. The van der Waals surface area contributed by atoms with Crippen LogP contribution in [0.15, 0.2) is 18.2 Å². The van der Waals surface area contributed by atoms with Gasteiger partial charge in [-0.05, 0) is 22.6 Å². The van der Waals surface area contributed by atoms with E-state index in [1.54, 1.807) is 7.11 Å². The Hall–Kier alpha value is -1.55. The smallest absolute Gasteiger partial charge is 0.322 e. The molecule has 0 heterocycles. The Morgan fingerprint density at radius 2 is 1.95 bits per heavy atom. The number of carbonyl (C=O) groups is 1. The van der Waals surface area contributed by atoms with Crippen molar-refractivity contribution in [2.75, 3.05) is 14.2 Å². The molecule has 0 bridgehead atoms. The number of hydrogen-bond acceptors (Lipinski definition) is 4. The molecular formula is C15H23NO3. The van der Waals surface area contributed by atoms with Gasteiger partial charge in [-0.25, -0.2) is 0 Å². The summed E-state index contributed by atoms with van der Waals surface area (Å²) in [6, 6.07) is 5.32. The summed E-state index contributed by atoms with van der Waals surface area (Å²) >= 11 is 0. The van der Waals surface area contributed by atoms with Crippen LogP contribution in [0.2, 0.25) is 0 Å². The molecule has 1 unspecified atom stereocenters. The zero-order chi connectivity index (χ0) is 14.6. The van der Waals surface area contributed by atoms with Gasteiger partial charge in [-0.2, -0.15) is 0 Å². The van der Waals surface area contributed by atoms with Crippen LogP contribution in [-0.4, -0.2) is 26.2 Å². The quantitative estimate of drug-likeness (QED) is 0.846. The van der Waals surface area contributed by atoms with Crippen molar-refractivity contribution in [1.29, 1.82) is 0 Å². The first-order valence-corrected chi connectivity index (χ1v) is 6.30. The van der Waals surface area contributed by atoms with Crippen molar-refractivity contribution >= 4 is 5.97 Å². The number of rotatable bonds is 4. The molecule has 0 aromatic heterocycles. The molecule has 0 aliphatic heterocycles. The van der Waals surface area contributed by atoms with E-state index in [4.69, 9.17) is 10.5 Å². The van der Waals surface area contributed by atoms with Crippen LogP contribution in [0.4, 0.5) is 0 Å². The Bertz CT molecular complexity index is 449. The minimum absolute atomic E-state index is 0.0381. The average Bonchev–Trinajstić information content (AvgIpc) is 2.36. The SMILES string of the molecule is COC(=O)C(N)Cc1cc(C(C)(C)C)ccc1OC. The molecule has 0 amide bonds. The topological polar surface area (TPSA) is 61.5 Å². The summed E-state index contributed by atoms with van der Waals surface area (Å²) in [7, 11) is 2.95. The maximum atomic E-state index is 11.4. The Balaban J connectivity index is 3.06. The van der Waals surface area contributed by atoms with E-state index in [0.717, 1.165) is 11.3 Å². The second kappa shape index (κ2) is 6.06. The highest BCUT2D eigenvalue weighted by atomic mass is 16.5. The van der Waals surface area contributed by atoms with Crippen molar-refractivity contribution in [1.82, 2.24) is 0 Å². The van der Waals surface area contributed by atoms with Crippen LogP contribution >= 0.6 is 0 Å². The molecule has 1 aromatic carbocycles. The number of benzene rings is 1. The van der Waals surface area contributed by atoms with E-state index in [0.29, 0.717) is 6.42 Å². The maximum Gasteiger partial charge on any atom is 0.322 e. The molecule has 2 N–H and O–H groups in total. The van der Waals surface area contributed by atoms with Crippen molar-refractivity contribution in [3.8, 4) is 5.75 Å². The van der Waals surface area contributed by atoms with E-state index in [2.05, 4.69) is 25.5 Å². The summed E-state index contributed by atoms with van der Waals surface area (Å²) in [6.07, 6.45) is 0.403. The summed E-state index contributed by atoms with van der Waals surface area (Å²) in [5.41, 5.74) is 7.96. The number of carbonyl (C=O) groups excluding carboxylic acids is 1. The second-order valence-corrected chi connectivity index (χ2v) is 5.61. The van der Waals surface area contributed by atoms with Crippen molar-refractivity contribution < 1.29 is 14.3 Å². The van der Waals surface area contributed by atoms with Gasteiger partial charge in [0.05, 0.1) is 14.2 Å². The van der Waals surface area contributed by atoms with Crippen LogP contribution in [0.1, 0.15) is 31.9 Å². The van der Waals surface area contributed by atoms with Gasteiger partial charge in [0.15, 0.2) is 0 Å². The molecule has 106 valence electrons. The highest BCUT2D eigenvalue weighted by Crippen LogP contribution is 2.28. The molecule has 19 heavy (non-hydrogen) atoms. The van der Waals surface area contributed by atoms with Crippen molar-refractivity contribution in [3.05, 3.63) is 29.3 Å². The molecular weight excluding hydrogens is 242 g/mol. The highest BCUT2D eigenvalue weighted by molar-refractivity contribution is 5.75. The third kappa shape index (κ3) is 3.96. The monoisotopic (exact) mass is 265 g/mol. The molecule has 1 atom stereocenters. The van der Waals surface area contributed by atoms with Gasteiger partial charge in [-0.3, -0.25) is 4.79 Å². The lowest BCUT2D eigenvalue weighted by Gasteiger charge is -2.21. The van der Waals surface area contributed by atoms with E-state index in [1.807, 2.05) is 18.2 Å². The van der Waals surface area contributed by atoms with Crippen molar-refractivity contribution in [3.63, 3.8) is 0 Å². The first kappa shape index (κ1) is 15.5. The molecule has 1 rings (SSSR count). The lowest BCUT2D eigenvalue weighted by Crippen LogP contribution is -2.33. The minimum atomic E-state index is -0.672. The minimum Gasteiger partial charge on any atom is -0.496 e. The van der Waals surface area contributed by atoms with Gasteiger partial charge in [0.2, 0.25) is 0 Å². The predicted molar refractivity (Wildman–Crippen MR) is 75.4 cm³/mol. The van der Waals surface area contributed by atoms with Crippen LogP contribution in [0, 0.1) is 0 Å². The normalized spacial score (nSPS) is 12.9. The predicted octanol–water partition coefficient (Wildman–Crippen LogP) is 2.04. The van der Waals surface area contributed by atoms with Gasteiger partial charge < -0.3 is 15.2 Å². The lowest BCUT2D eigenvalue weighted by atomic mass is 9.85. The third-order valence-corrected chi connectivity index (χ3v) is 3.09. The number of methoxy groups -OCH3 is 2. The summed E-state index contributed by atoms with van der Waals surface area (Å²) in [5.74, 6) is 0.329. The maximum absolute atomic E-state index is 11.4. The van der Waals surface area contributed by atoms with Crippen LogP contribution in [0.3, 0.4) is 0 Å². The van der Waals surface area contributed by atoms with Gasteiger partial charge in [0.1, 0.15) is 11.8 Å². The molecule has 0 aliphatic carbocycles. The van der Waals surface area contributed by atoms with E-state index < -0.39 is 12.0 Å². The van der Waals surface area contributed by atoms with Crippen LogP contribution < -0.4 is 10.5 Å². The van der Waals surface area contributed by atoms with Crippen LogP contribution in [-0.2, 0) is 21.4 Å². The van der Waals surface area contributed by atoms with Crippen molar-refractivity contribution in [2.24, 2.45) is 5.73 Å². The average molecular weight is 265 g/mol. The van der Waals surface area contributed by atoms with E-state index >= 15 is 0 Å².